The molecule has 3 rings (SSSR count). The van der Waals surface area contributed by atoms with Gasteiger partial charge < -0.3 is 15.2 Å². The summed E-state index contributed by atoms with van der Waals surface area (Å²) in [4.78, 5) is 41.9. The summed E-state index contributed by atoms with van der Waals surface area (Å²) < 4.78 is 1.94. The minimum atomic E-state index is -0.443. The van der Waals surface area contributed by atoms with Gasteiger partial charge in [-0.05, 0) is 63.5 Å². The van der Waals surface area contributed by atoms with Crippen LogP contribution in [0.4, 0.5) is 0 Å². The molecule has 0 saturated carbocycles. The third kappa shape index (κ3) is 5.54. The summed E-state index contributed by atoms with van der Waals surface area (Å²) in [6, 6.07) is 5.17. The van der Waals surface area contributed by atoms with Crippen molar-refractivity contribution in [1.29, 1.82) is 0 Å². The van der Waals surface area contributed by atoms with Gasteiger partial charge in [0, 0.05) is 24.0 Å². The number of aromatic amines is 1. The van der Waals surface area contributed by atoms with Gasteiger partial charge in [-0.1, -0.05) is 22.4 Å². The molecule has 152 valence electrons. The van der Waals surface area contributed by atoms with Crippen LogP contribution >= 0.6 is 15.9 Å². The minimum absolute atomic E-state index is 0.0355. The Labute approximate surface area is 172 Å². The monoisotopic (exact) mass is 450 g/mol. The van der Waals surface area contributed by atoms with Crippen molar-refractivity contribution in [3.05, 3.63) is 43.5 Å². The minimum Gasteiger partial charge on any atom is -0.356 e. The fourth-order valence-electron chi connectivity index (χ4n) is 3.63. The van der Waals surface area contributed by atoms with Gasteiger partial charge in [0.15, 0.2) is 0 Å². The molecule has 0 atom stereocenters. The van der Waals surface area contributed by atoms with Crippen molar-refractivity contribution in [3.63, 3.8) is 0 Å². The lowest BCUT2D eigenvalue weighted by Crippen LogP contribution is -2.35. The summed E-state index contributed by atoms with van der Waals surface area (Å²) in [5.41, 5.74) is -0.260. The van der Waals surface area contributed by atoms with Crippen LogP contribution in [0.15, 0.2) is 32.3 Å². The molecule has 8 heteroatoms. The molecule has 0 radical (unpaired) electrons. The third-order valence-electron chi connectivity index (χ3n) is 5.15. The fraction of sp³-hybridized carbons (Fsp3) is 0.550. The van der Waals surface area contributed by atoms with Crippen molar-refractivity contribution < 1.29 is 4.79 Å². The molecule has 28 heavy (non-hydrogen) atoms. The largest absolute Gasteiger partial charge is 0.356 e. The van der Waals surface area contributed by atoms with Crippen molar-refractivity contribution >= 4 is 32.7 Å². The predicted octanol–water partition coefficient (Wildman–Crippen LogP) is 2.22. The second-order valence-electron chi connectivity index (χ2n) is 7.29. The van der Waals surface area contributed by atoms with Crippen LogP contribution in [0.25, 0.3) is 10.9 Å². The van der Waals surface area contributed by atoms with E-state index in [4.69, 9.17) is 0 Å². The van der Waals surface area contributed by atoms with Crippen molar-refractivity contribution in [2.45, 2.75) is 45.1 Å². The molecule has 1 aromatic heterocycles. The van der Waals surface area contributed by atoms with Crippen molar-refractivity contribution in [2.75, 3.05) is 26.2 Å². The number of likely N-dealkylation sites (tertiary alicyclic amines) is 1. The number of hydrogen-bond acceptors (Lipinski definition) is 4. The van der Waals surface area contributed by atoms with Crippen molar-refractivity contribution in [1.82, 2.24) is 19.8 Å². The SMILES string of the molecule is O=C(CCCn1c(=O)[nH]c2ccc(Br)cc2c1=O)NCCCN1CCCCC1. The number of benzene rings is 1. The number of hydrogen-bond donors (Lipinski definition) is 2. The first-order chi connectivity index (χ1) is 13.5. The molecule has 1 aliphatic heterocycles. The molecule has 2 N–H and O–H groups in total. The lowest BCUT2D eigenvalue weighted by molar-refractivity contribution is -0.121. The molecule has 0 bridgehead atoms. The van der Waals surface area contributed by atoms with E-state index in [0.29, 0.717) is 30.3 Å². The normalized spacial score (nSPS) is 15.0. The number of rotatable bonds is 8. The first kappa shape index (κ1) is 20.8. The van der Waals surface area contributed by atoms with Crippen LogP contribution in [0.3, 0.4) is 0 Å². The van der Waals surface area contributed by atoms with Gasteiger partial charge in [-0.3, -0.25) is 14.2 Å². The van der Waals surface area contributed by atoms with Crippen LogP contribution in [0.2, 0.25) is 0 Å². The Hall–Kier alpha value is -1.93. The maximum Gasteiger partial charge on any atom is 0.328 e. The zero-order chi connectivity index (χ0) is 19.9. The number of piperidine rings is 1. The van der Waals surface area contributed by atoms with E-state index in [9.17, 15) is 14.4 Å². The lowest BCUT2D eigenvalue weighted by Gasteiger charge is -2.26. The van der Waals surface area contributed by atoms with Gasteiger partial charge in [-0.25, -0.2) is 4.79 Å². The quantitative estimate of drug-likeness (QED) is 0.603. The Kier molecular flexibility index (Phi) is 7.44. The first-order valence-corrected chi connectivity index (χ1v) is 10.8. The highest BCUT2D eigenvalue weighted by molar-refractivity contribution is 9.10. The van der Waals surface area contributed by atoms with E-state index in [1.165, 1.54) is 36.9 Å². The van der Waals surface area contributed by atoms with Gasteiger partial charge in [0.1, 0.15) is 0 Å². The molecule has 7 nitrogen and oxygen atoms in total. The number of carbonyl (C=O) groups excluding carboxylic acids is 1. The number of fused-ring (bicyclic) bond motifs is 1. The van der Waals surface area contributed by atoms with Crippen LogP contribution in [0.1, 0.15) is 38.5 Å². The molecule has 0 unspecified atom stereocenters. The van der Waals surface area contributed by atoms with E-state index >= 15 is 0 Å². The Bertz CT molecular complexity index is 931. The standard InChI is InChI=1S/C20H27BrN4O3/c21-15-7-8-17-16(14-15)19(27)25(20(28)23-17)13-4-6-18(26)22-9-5-12-24-10-2-1-3-11-24/h7-8,14H,1-6,9-13H2,(H,22,26)(H,23,28). The summed E-state index contributed by atoms with van der Waals surface area (Å²) in [5.74, 6) is -0.0355. The molecule has 1 aromatic carbocycles. The number of aromatic nitrogens is 2. The Morgan fingerprint density at radius 3 is 2.68 bits per heavy atom. The number of H-pyrrole nitrogens is 1. The highest BCUT2D eigenvalue weighted by Crippen LogP contribution is 2.14. The molecular formula is C20H27BrN4O3. The number of carbonyl (C=O) groups is 1. The average Bonchev–Trinajstić information content (AvgIpc) is 2.69. The first-order valence-electron chi connectivity index (χ1n) is 9.96. The molecule has 0 spiro atoms. The van der Waals surface area contributed by atoms with Crippen LogP contribution in [0, 0.1) is 0 Å². The summed E-state index contributed by atoms with van der Waals surface area (Å²) in [5, 5.41) is 3.38. The highest BCUT2D eigenvalue weighted by Gasteiger charge is 2.11. The van der Waals surface area contributed by atoms with Gasteiger partial charge in [-0.2, -0.15) is 0 Å². The van der Waals surface area contributed by atoms with Gasteiger partial charge in [0.2, 0.25) is 5.91 Å². The highest BCUT2D eigenvalue weighted by atomic mass is 79.9. The topological polar surface area (TPSA) is 87.2 Å². The maximum absolute atomic E-state index is 12.6. The Morgan fingerprint density at radius 1 is 1.11 bits per heavy atom. The van der Waals surface area contributed by atoms with Crippen LogP contribution in [-0.4, -0.2) is 46.5 Å². The van der Waals surface area contributed by atoms with E-state index in [1.54, 1.807) is 18.2 Å². The Morgan fingerprint density at radius 2 is 1.89 bits per heavy atom. The van der Waals surface area contributed by atoms with Crippen LogP contribution in [-0.2, 0) is 11.3 Å². The number of nitrogens with one attached hydrogen (secondary N) is 2. The van der Waals surface area contributed by atoms with Crippen LogP contribution < -0.4 is 16.6 Å². The summed E-state index contributed by atoms with van der Waals surface area (Å²) >= 11 is 3.34. The van der Waals surface area contributed by atoms with Crippen LogP contribution in [0.5, 0.6) is 0 Å². The maximum atomic E-state index is 12.6. The van der Waals surface area contributed by atoms with E-state index in [-0.39, 0.29) is 18.0 Å². The van der Waals surface area contributed by atoms with E-state index < -0.39 is 5.69 Å². The summed E-state index contributed by atoms with van der Waals surface area (Å²) in [7, 11) is 0. The Balaban J connectivity index is 1.45. The van der Waals surface area contributed by atoms with Gasteiger partial charge >= 0.3 is 5.69 Å². The van der Waals surface area contributed by atoms with Gasteiger partial charge in [0.25, 0.3) is 5.56 Å². The van der Waals surface area contributed by atoms with Crippen molar-refractivity contribution in [3.8, 4) is 0 Å². The van der Waals surface area contributed by atoms with Gasteiger partial charge in [0.05, 0.1) is 10.9 Å². The number of nitrogens with zero attached hydrogens (tertiary/aromatic N) is 2. The number of amides is 1. The molecule has 2 heterocycles. The molecule has 1 saturated heterocycles. The second-order valence-corrected chi connectivity index (χ2v) is 8.20. The lowest BCUT2D eigenvalue weighted by atomic mass is 10.1. The predicted molar refractivity (Wildman–Crippen MR) is 114 cm³/mol. The molecule has 0 aliphatic carbocycles. The molecule has 1 fully saturated rings. The molecular weight excluding hydrogens is 424 g/mol. The average molecular weight is 451 g/mol. The summed E-state index contributed by atoms with van der Waals surface area (Å²) in [6.45, 7) is 4.24. The molecule has 1 aliphatic rings. The summed E-state index contributed by atoms with van der Waals surface area (Å²) in [6.07, 6.45) is 5.57. The zero-order valence-corrected chi connectivity index (χ0v) is 17.6. The second kappa shape index (κ2) is 10.0. The third-order valence-corrected chi connectivity index (χ3v) is 5.64. The van der Waals surface area contributed by atoms with Crippen molar-refractivity contribution in [2.24, 2.45) is 0 Å². The fourth-order valence-corrected chi connectivity index (χ4v) is 3.99. The number of halogens is 1. The van der Waals surface area contributed by atoms with E-state index in [2.05, 4.69) is 31.1 Å². The van der Waals surface area contributed by atoms with E-state index in [1.807, 2.05) is 0 Å². The smallest absolute Gasteiger partial charge is 0.328 e. The van der Waals surface area contributed by atoms with Gasteiger partial charge in [-0.15, -0.1) is 0 Å². The molecule has 2 aromatic rings. The zero-order valence-electron chi connectivity index (χ0n) is 16.0. The van der Waals surface area contributed by atoms with E-state index in [0.717, 1.165) is 17.4 Å². The molecule has 1 amide bonds.